The molecule has 0 radical (unpaired) electrons. The summed E-state index contributed by atoms with van der Waals surface area (Å²) in [6.45, 7) is 5.39. The fourth-order valence-corrected chi connectivity index (χ4v) is 13.7. The van der Waals surface area contributed by atoms with Crippen LogP contribution in [-0.2, 0) is 112 Å². The molecule has 1 aliphatic heterocycles. The largest absolute Gasteiger partial charge is 0.481 e. The maximum absolute atomic E-state index is 15.1. The standard InChI is InChI=1S/C82H119N15O26/c1-7-10-11-12-13-14-15-26-69(106)91-60(32-51-39-86-56-23-18-16-21-53(51)56)80(118)93-59(38-68(84)105)66(103)33-50(35-73(111)112)76(114)96-74-49(6)123-82(120)61(37-64(101)54-22-17-19-24-57(54)85-9-3)94-78(116)55(47(4)31-72(109)110)36-67(104)62(42-98)92-71(108)40-87-79(117)63(44-122-46-100)95-75(113)48(5)89-77(115)52(43-121-45-99)34-65(102)58(90-70(107)41-88-81(74)119)25-20-29-97(28-8-2)30-27-83/h16-19,21-24,39,45-50,52,55,58-63,74,85-86,98H,7-15,20,25-38,40-44,83H2,1-6H3,(H2,84,105)(H,87,117)(H,88,119)(H,89,115)(H,90,107)(H,91,106)(H,92,108)(H,93,118)(H,94,116)(H,95,113)(H,96,114)(H,109,110)(H,111,112)/t47-,48-,49-,50+,52+,55+,58+,59-,60+,61+,62-,63+,74+/m1/s1. The van der Waals surface area contributed by atoms with Crippen molar-refractivity contribution in [3.63, 3.8) is 0 Å². The molecular weight excluding hydrogens is 1610 g/mol. The van der Waals surface area contributed by atoms with Gasteiger partial charge in [-0.15, -0.1) is 0 Å². The first-order chi connectivity index (χ1) is 58.6. The van der Waals surface area contributed by atoms with E-state index in [9.17, 15) is 96.8 Å². The van der Waals surface area contributed by atoms with Gasteiger partial charge in [0.25, 0.3) is 12.9 Å². The van der Waals surface area contributed by atoms with Crippen LogP contribution in [0.1, 0.15) is 173 Å². The molecule has 3 aromatic rings. The molecule has 13 atom stereocenters. The van der Waals surface area contributed by atoms with Crippen LogP contribution in [0.3, 0.4) is 0 Å². The zero-order valence-electron chi connectivity index (χ0n) is 70.2. The number of nitrogens with two attached hydrogens (primary N) is 2. The summed E-state index contributed by atoms with van der Waals surface area (Å²) >= 11 is 0. The number of hydrogen-bond acceptors (Lipinski definition) is 27. The summed E-state index contributed by atoms with van der Waals surface area (Å²) in [6, 6.07) is -2.05. The number of fused-ring (bicyclic) bond motifs is 1. The van der Waals surface area contributed by atoms with Gasteiger partial charge >= 0.3 is 17.9 Å². The number of aromatic nitrogens is 1. The summed E-state index contributed by atoms with van der Waals surface area (Å²) in [4.78, 5) is 282. The van der Waals surface area contributed by atoms with Gasteiger partial charge in [0, 0.05) is 98.8 Å². The third-order valence-corrected chi connectivity index (χ3v) is 20.3. The van der Waals surface area contributed by atoms with Crippen LogP contribution in [0.25, 0.3) is 10.9 Å². The molecule has 0 saturated carbocycles. The van der Waals surface area contributed by atoms with Crippen LogP contribution in [-0.4, -0.2) is 264 Å². The van der Waals surface area contributed by atoms with Gasteiger partial charge in [-0.25, -0.2) is 4.79 Å². The van der Waals surface area contributed by atoms with E-state index in [0.717, 1.165) is 46.0 Å². The molecule has 1 saturated heterocycles. The van der Waals surface area contributed by atoms with Crippen LogP contribution in [0.2, 0.25) is 0 Å². The number of aliphatic hydroxyl groups excluding tert-OH is 1. The summed E-state index contributed by atoms with van der Waals surface area (Å²) in [5.41, 5.74) is 12.9. The first-order valence-electron chi connectivity index (χ1n) is 41.1. The molecular formula is C82H119N15O26. The first kappa shape index (κ1) is 103. The predicted octanol–water partition coefficient (Wildman–Crippen LogP) is -1.39. The number of carboxylic acid groups (broad SMARTS) is 2. The second-order valence-electron chi connectivity index (χ2n) is 30.1. The van der Waals surface area contributed by atoms with Gasteiger partial charge in [-0.05, 0) is 89.2 Å². The summed E-state index contributed by atoms with van der Waals surface area (Å²) in [7, 11) is 0. The van der Waals surface area contributed by atoms with Crippen molar-refractivity contribution in [2.24, 2.45) is 35.1 Å². The number of nitrogens with one attached hydrogen (secondary N) is 12. The average Bonchev–Trinajstić information content (AvgIpc) is 0.988. The number of hydrogen-bond donors (Lipinski definition) is 17. The summed E-state index contributed by atoms with van der Waals surface area (Å²) < 4.78 is 15.5. The Morgan fingerprint density at radius 1 is 0.634 bits per heavy atom. The second-order valence-corrected chi connectivity index (χ2v) is 30.1. The van der Waals surface area contributed by atoms with Gasteiger partial charge in [-0.2, -0.15) is 0 Å². The highest BCUT2D eigenvalue weighted by Crippen LogP contribution is 2.26. The number of H-pyrrole nitrogens is 1. The summed E-state index contributed by atoms with van der Waals surface area (Å²) in [6.07, 6.45) is -1.18. The molecule has 4 rings (SSSR count). The fourth-order valence-electron chi connectivity index (χ4n) is 13.7. The Labute approximate surface area is 711 Å². The van der Waals surface area contributed by atoms with E-state index >= 15 is 14.4 Å². The molecule has 1 aliphatic rings. The molecule has 678 valence electrons. The lowest BCUT2D eigenvalue weighted by molar-refractivity contribution is -0.156. The molecule has 41 nitrogen and oxygen atoms in total. The molecule has 2 aromatic carbocycles. The molecule has 19 N–H and O–H groups in total. The molecule has 1 fully saturated rings. The highest BCUT2D eigenvalue weighted by molar-refractivity contribution is 6.05. The van der Waals surface area contributed by atoms with Crippen LogP contribution < -0.4 is 70.0 Å². The first-order valence-corrected chi connectivity index (χ1v) is 41.1. The zero-order chi connectivity index (χ0) is 91.3. The van der Waals surface area contributed by atoms with Crippen molar-refractivity contribution < 1.29 is 125 Å². The summed E-state index contributed by atoms with van der Waals surface area (Å²) in [5, 5.41) is 58.0. The van der Waals surface area contributed by atoms with E-state index in [4.69, 9.17) is 25.7 Å². The van der Waals surface area contributed by atoms with Crippen LogP contribution in [0, 0.1) is 23.7 Å². The van der Waals surface area contributed by atoms with Gasteiger partial charge in [0.2, 0.25) is 65.0 Å². The Morgan fingerprint density at radius 3 is 1.90 bits per heavy atom. The number of anilines is 1. The van der Waals surface area contributed by atoms with Crippen LogP contribution >= 0.6 is 0 Å². The van der Waals surface area contributed by atoms with Crippen LogP contribution in [0.5, 0.6) is 0 Å². The lowest BCUT2D eigenvalue weighted by Crippen LogP contribution is -2.57. The molecule has 0 aliphatic carbocycles. The van der Waals surface area contributed by atoms with E-state index in [2.05, 4.69) is 70.4 Å². The summed E-state index contributed by atoms with van der Waals surface area (Å²) in [5.74, 6) is -28.9. The number of nitrogens with zero attached hydrogens (tertiary/aromatic N) is 1. The lowest BCUT2D eigenvalue weighted by Gasteiger charge is -2.29. The molecule has 11 amide bonds. The number of rotatable bonds is 45. The Morgan fingerprint density at radius 2 is 1.26 bits per heavy atom. The normalized spacial score (nSPS) is 20.7. The highest BCUT2D eigenvalue weighted by Gasteiger charge is 2.41. The molecule has 0 unspecified atom stereocenters. The van der Waals surface area contributed by atoms with Gasteiger partial charge in [-0.1, -0.05) is 89.6 Å². The smallest absolute Gasteiger partial charge is 0.329 e. The number of unbranched alkanes of at least 4 members (excludes halogenated alkanes) is 6. The van der Waals surface area contributed by atoms with Crippen molar-refractivity contribution in [3.8, 4) is 0 Å². The van der Waals surface area contributed by atoms with Gasteiger partial charge in [0.1, 0.15) is 55.6 Å². The molecule has 0 spiro atoms. The van der Waals surface area contributed by atoms with Crippen LogP contribution in [0.15, 0.2) is 54.7 Å². The number of carbonyl (C=O) groups excluding carboxylic acids is 18. The number of benzene rings is 2. The molecule has 1 aromatic heterocycles. The fraction of sp³-hybridized carbons (Fsp3) is 0.585. The van der Waals surface area contributed by atoms with E-state index in [1.807, 2.05) is 11.8 Å². The van der Waals surface area contributed by atoms with Gasteiger partial charge < -0.3 is 109 Å². The van der Waals surface area contributed by atoms with Crippen LogP contribution in [0.4, 0.5) is 5.69 Å². The van der Waals surface area contributed by atoms with Gasteiger partial charge in [0.15, 0.2) is 23.1 Å². The van der Waals surface area contributed by atoms with Crippen molar-refractivity contribution in [1.29, 1.82) is 0 Å². The molecule has 0 bridgehead atoms. The molecule has 123 heavy (non-hydrogen) atoms. The van der Waals surface area contributed by atoms with E-state index in [-0.39, 0.29) is 69.5 Å². The number of aromatic amines is 1. The highest BCUT2D eigenvalue weighted by atomic mass is 16.5. The third kappa shape index (κ3) is 36.6. The number of carboxylic acids is 2. The number of Topliss-reactive ketones (excluding diaryl/α,β-unsaturated/α-hetero) is 4. The number of para-hydroxylation sites is 2. The Kier molecular flexibility index (Phi) is 46.1. The number of aliphatic hydroxyl groups is 1. The van der Waals surface area contributed by atoms with E-state index in [0.29, 0.717) is 48.8 Å². The van der Waals surface area contributed by atoms with Gasteiger partial charge in [-0.3, -0.25) is 91.1 Å². The Balaban J connectivity index is 1.94. The topological polar surface area (TPSA) is 633 Å². The van der Waals surface area contributed by atoms with Crippen molar-refractivity contribution in [2.75, 3.05) is 71.0 Å². The van der Waals surface area contributed by atoms with E-state index in [1.54, 1.807) is 43.5 Å². The minimum Gasteiger partial charge on any atom is -0.481 e. The number of cyclic esters (lactones) is 1. The number of aliphatic carboxylic acids is 2. The number of amides is 11. The van der Waals surface area contributed by atoms with E-state index in [1.165, 1.54) is 25.1 Å². The monoisotopic (exact) mass is 1730 g/mol. The third-order valence-electron chi connectivity index (χ3n) is 20.3. The number of carbonyl (C=O) groups is 20. The molecule has 41 heteroatoms. The quantitative estimate of drug-likeness (QED) is 0.0102. The number of ketones is 4. The lowest BCUT2D eigenvalue weighted by atomic mass is 9.84. The number of esters is 1. The minimum atomic E-state index is -2.36. The zero-order valence-corrected chi connectivity index (χ0v) is 70.2. The Hall–Kier alpha value is -12.1. The maximum atomic E-state index is 15.1. The predicted molar refractivity (Wildman–Crippen MR) is 440 cm³/mol. The Bertz CT molecular complexity index is 4130. The number of primary amides is 1. The molecule has 2 heterocycles. The maximum Gasteiger partial charge on any atom is 0.329 e. The average molecular weight is 1730 g/mol. The van der Waals surface area contributed by atoms with Crippen molar-refractivity contribution >= 4 is 136 Å². The number of ether oxygens (including phenoxy) is 3. The van der Waals surface area contributed by atoms with Crippen molar-refractivity contribution in [2.45, 2.75) is 218 Å². The van der Waals surface area contributed by atoms with Crippen molar-refractivity contribution in [3.05, 3.63) is 65.9 Å². The second kappa shape index (κ2) is 55.0. The SMILES string of the molecule is CCCCCCCCCC(=O)N[C@@H](Cc1c[nH]c2ccccc12)C(=O)N[C@H](CC(N)=O)C(=O)C[C@@H](CC(=O)O)C(=O)N[C@@H]1C(=O)NCC(=O)N[C@@H](CCCN(CCC)CCN)C(=O)C[C@@H](COC=O)C(=O)N[C@H](C)C(=O)N[C@@H](COC=O)C(=O)NCC(=O)N[C@H](CO)C(=O)C[C@@H]([C@H](C)CC(=O)O)C(=O)N[C@@H](CC(=O)c2ccccc2NCC)C(=O)O[C@@H]1C. The van der Waals surface area contributed by atoms with Gasteiger partial charge in [0.05, 0.1) is 56.5 Å². The van der Waals surface area contributed by atoms with E-state index < -0.39 is 262 Å². The van der Waals surface area contributed by atoms with Crippen molar-refractivity contribution in [1.82, 2.24) is 63.1 Å². The minimum absolute atomic E-state index is 0.00621.